The Morgan fingerprint density at radius 1 is 0.969 bits per heavy atom. The topological polar surface area (TPSA) is 38.8 Å². The summed E-state index contributed by atoms with van der Waals surface area (Å²) in [6.45, 7) is 9.10. The van der Waals surface area contributed by atoms with Gasteiger partial charge in [0.05, 0.1) is 6.10 Å². The fourth-order valence-electron chi connectivity index (χ4n) is 9.73. The standard InChI is InChI=1S/C29H48O3/c1-5-6-7-8-9-10-11-21-12-13-24-23-18-26-29(32-26)19-22(31-20(2)30)14-17-28(29,4)25(23)15-16-27(21,24)3/h21-26H,5-19H2,1-4H3/t21-,22-,23-,24-,25-,26?,27+,28+,29?/m0/s1. The van der Waals surface area contributed by atoms with Gasteiger partial charge in [-0.25, -0.2) is 0 Å². The highest BCUT2D eigenvalue weighted by molar-refractivity contribution is 5.66. The lowest BCUT2D eigenvalue weighted by Gasteiger charge is -2.59. The molecular weight excluding hydrogens is 396 g/mol. The van der Waals surface area contributed by atoms with E-state index in [4.69, 9.17) is 9.47 Å². The third kappa shape index (κ3) is 3.59. The summed E-state index contributed by atoms with van der Waals surface area (Å²) < 4.78 is 12.3. The zero-order chi connectivity index (χ0) is 22.6. The van der Waals surface area contributed by atoms with Gasteiger partial charge in [0.15, 0.2) is 0 Å². The number of fused-ring (bicyclic) bond motifs is 4. The summed E-state index contributed by atoms with van der Waals surface area (Å²) in [4.78, 5) is 11.6. The molecule has 5 aliphatic rings. The number of epoxide rings is 1. The first-order valence-corrected chi connectivity index (χ1v) is 14.2. The lowest BCUT2D eigenvalue weighted by Crippen LogP contribution is -2.58. The highest BCUT2D eigenvalue weighted by atomic mass is 16.6. The van der Waals surface area contributed by atoms with Gasteiger partial charge in [-0.1, -0.05) is 59.3 Å². The van der Waals surface area contributed by atoms with E-state index in [2.05, 4.69) is 20.8 Å². The summed E-state index contributed by atoms with van der Waals surface area (Å²) in [5, 5.41) is 0. The van der Waals surface area contributed by atoms with E-state index >= 15 is 0 Å². The fraction of sp³-hybridized carbons (Fsp3) is 0.966. The average Bonchev–Trinajstić information content (AvgIpc) is 3.34. The van der Waals surface area contributed by atoms with Gasteiger partial charge in [0.2, 0.25) is 0 Å². The lowest BCUT2D eigenvalue weighted by atomic mass is 9.44. The second-order valence-corrected chi connectivity index (χ2v) is 12.9. The number of esters is 1. The predicted molar refractivity (Wildman–Crippen MR) is 128 cm³/mol. The number of carbonyl (C=O) groups excluding carboxylic acids is 1. The third-order valence-corrected chi connectivity index (χ3v) is 11.5. The smallest absolute Gasteiger partial charge is 0.302 e. The molecule has 4 saturated carbocycles. The number of rotatable bonds is 8. The minimum atomic E-state index is -0.128. The quantitative estimate of drug-likeness (QED) is 0.221. The van der Waals surface area contributed by atoms with E-state index in [1.165, 1.54) is 83.5 Å². The van der Waals surface area contributed by atoms with Crippen molar-refractivity contribution in [3.8, 4) is 0 Å². The molecule has 9 atom stereocenters. The van der Waals surface area contributed by atoms with Gasteiger partial charge < -0.3 is 9.47 Å². The molecular formula is C29H48O3. The Bertz CT molecular complexity index is 705. The molecule has 182 valence electrons. The van der Waals surface area contributed by atoms with Crippen LogP contribution >= 0.6 is 0 Å². The monoisotopic (exact) mass is 444 g/mol. The molecule has 1 aliphatic heterocycles. The number of ether oxygens (including phenoxy) is 2. The Labute approximate surface area is 196 Å². The number of hydrogen-bond acceptors (Lipinski definition) is 3. The highest BCUT2D eigenvalue weighted by Gasteiger charge is 2.76. The molecule has 0 N–H and O–H groups in total. The summed E-state index contributed by atoms with van der Waals surface area (Å²) in [6, 6.07) is 0. The zero-order valence-electron chi connectivity index (χ0n) is 21.3. The van der Waals surface area contributed by atoms with E-state index in [-0.39, 0.29) is 23.1 Å². The van der Waals surface area contributed by atoms with Gasteiger partial charge in [0, 0.05) is 18.8 Å². The van der Waals surface area contributed by atoms with Crippen LogP contribution in [0, 0.1) is 34.5 Å². The SMILES string of the molecule is CCCCCCCC[C@H]1CC[C@H]2[C@@H]3CC4OC45C[C@@H](OC(C)=O)CC[C@]5(C)[C@H]3CC[C@]12C. The van der Waals surface area contributed by atoms with Crippen LogP contribution in [-0.2, 0) is 14.3 Å². The Morgan fingerprint density at radius 2 is 1.75 bits per heavy atom. The van der Waals surface area contributed by atoms with E-state index < -0.39 is 0 Å². The van der Waals surface area contributed by atoms with Crippen molar-refractivity contribution in [2.24, 2.45) is 34.5 Å². The maximum absolute atomic E-state index is 11.6. The molecule has 3 nitrogen and oxygen atoms in total. The molecule has 32 heavy (non-hydrogen) atoms. The molecule has 1 saturated heterocycles. The van der Waals surface area contributed by atoms with Gasteiger partial charge in [0.25, 0.3) is 0 Å². The molecule has 0 aromatic heterocycles. The summed E-state index contributed by atoms with van der Waals surface area (Å²) >= 11 is 0. The van der Waals surface area contributed by atoms with Gasteiger partial charge >= 0.3 is 5.97 Å². The van der Waals surface area contributed by atoms with Crippen LogP contribution in [0.15, 0.2) is 0 Å². The van der Waals surface area contributed by atoms with Crippen molar-refractivity contribution in [1.82, 2.24) is 0 Å². The van der Waals surface area contributed by atoms with Crippen LogP contribution in [0.1, 0.15) is 124 Å². The Kier molecular flexibility index (Phi) is 6.22. The zero-order valence-corrected chi connectivity index (χ0v) is 21.3. The first kappa shape index (κ1) is 23.2. The van der Waals surface area contributed by atoms with Gasteiger partial charge in [-0.15, -0.1) is 0 Å². The van der Waals surface area contributed by atoms with Gasteiger partial charge in [-0.05, 0) is 80.5 Å². The van der Waals surface area contributed by atoms with Crippen LogP contribution in [0.2, 0.25) is 0 Å². The molecule has 5 rings (SSSR count). The minimum absolute atomic E-state index is 0.0107. The van der Waals surface area contributed by atoms with Gasteiger partial charge in [-0.2, -0.15) is 0 Å². The van der Waals surface area contributed by atoms with Crippen LogP contribution in [0.3, 0.4) is 0 Å². The Morgan fingerprint density at radius 3 is 2.53 bits per heavy atom. The first-order valence-electron chi connectivity index (χ1n) is 14.2. The maximum Gasteiger partial charge on any atom is 0.302 e. The second-order valence-electron chi connectivity index (χ2n) is 12.9. The molecule has 0 aromatic rings. The van der Waals surface area contributed by atoms with Crippen molar-refractivity contribution in [3.05, 3.63) is 0 Å². The number of hydrogen-bond donors (Lipinski definition) is 0. The van der Waals surface area contributed by atoms with Crippen LogP contribution in [0.5, 0.6) is 0 Å². The van der Waals surface area contributed by atoms with Gasteiger partial charge in [0.1, 0.15) is 11.7 Å². The Balaban J connectivity index is 1.24. The van der Waals surface area contributed by atoms with Crippen LogP contribution in [0.4, 0.5) is 0 Å². The van der Waals surface area contributed by atoms with Crippen LogP contribution in [0.25, 0.3) is 0 Å². The molecule has 4 aliphatic carbocycles. The third-order valence-electron chi connectivity index (χ3n) is 11.5. The van der Waals surface area contributed by atoms with Crippen molar-refractivity contribution in [2.75, 3.05) is 0 Å². The van der Waals surface area contributed by atoms with E-state index in [0.29, 0.717) is 11.5 Å². The van der Waals surface area contributed by atoms with Crippen LogP contribution in [-0.4, -0.2) is 23.8 Å². The molecule has 5 fully saturated rings. The molecule has 0 bridgehead atoms. The van der Waals surface area contributed by atoms with E-state index in [1.54, 1.807) is 6.92 Å². The van der Waals surface area contributed by atoms with Crippen molar-refractivity contribution < 1.29 is 14.3 Å². The first-order chi connectivity index (χ1) is 15.3. The predicted octanol–water partition coefficient (Wildman–Crippen LogP) is 7.46. The summed E-state index contributed by atoms with van der Waals surface area (Å²) in [5.41, 5.74) is 0.872. The Hall–Kier alpha value is -0.570. The normalized spacial score (nSPS) is 48.9. The highest BCUT2D eigenvalue weighted by Crippen LogP contribution is 2.74. The summed E-state index contributed by atoms with van der Waals surface area (Å²) in [7, 11) is 0. The minimum Gasteiger partial charge on any atom is -0.462 e. The molecule has 0 amide bonds. The van der Waals surface area contributed by atoms with Crippen LogP contribution < -0.4 is 0 Å². The molecule has 2 unspecified atom stereocenters. The lowest BCUT2D eigenvalue weighted by molar-refractivity contribution is -0.157. The fourth-order valence-corrected chi connectivity index (χ4v) is 9.73. The summed E-state index contributed by atoms with van der Waals surface area (Å²) in [6.07, 6.45) is 20.7. The largest absolute Gasteiger partial charge is 0.462 e. The second kappa shape index (κ2) is 8.58. The number of unbranched alkanes of at least 4 members (excludes halogenated alkanes) is 5. The molecule has 1 spiro atoms. The van der Waals surface area contributed by atoms with Crippen molar-refractivity contribution in [2.45, 2.75) is 142 Å². The van der Waals surface area contributed by atoms with E-state index in [9.17, 15) is 4.79 Å². The van der Waals surface area contributed by atoms with E-state index in [0.717, 1.165) is 36.5 Å². The van der Waals surface area contributed by atoms with Crippen molar-refractivity contribution in [3.63, 3.8) is 0 Å². The van der Waals surface area contributed by atoms with Crippen molar-refractivity contribution >= 4 is 5.97 Å². The van der Waals surface area contributed by atoms with Crippen molar-refractivity contribution in [1.29, 1.82) is 0 Å². The van der Waals surface area contributed by atoms with Gasteiger partial charge in [-0.3, -0.25) is 4.79 Å². The molecule has 1 heterocycles. The number of carbonyl (C=O) groups is 1. The average molecular weight is 445 g/mol. The molecule has 0 radical (unpaired) electrons. The maximum atomic E-state index is 11.6. The summed E-state index contributed by atoms with van der Waals surface area (Å²) in [5.74, 6) is 3.41. The molecule has 3 heteroatoms. The van der Waals surface area contributed by atoms with E-state index in [1.807, 2.05) is 0 Å². The molecule has 0 aromatic carbocycles.